The summed E-state index contributed by atoms with van der Waals surface area (Å²) in [6.45, 7) is 0.326. The topological polar surface area (TPSA) is 78.5 Å². The predicted octanol–water partition coefficient (Wildman–Crippen LogP) is 2.83. The Bertz CT molecular complexity index is 981. The predicted molar refractivity (Wildman–Crippen MR) is 102 cm³/mol. The Kier molecular flexibility index (Phi) is 4.77. The van der Waals surface area contributed by atoms with Gasteiger partial charge in [0.05, 0.1) is 11.3 Å². The Morgan fingerprint density at radius 3 is 2.82 bits per heavy atom. The lowest BCUT2D eigenvalue weighted by molar-refractivity contribution is -0.121. The minimum Gasteiger partial charge on any atom is -0.349 e. The highest BCUT2D eigenvalue weighted by Crippen LogP contribution is 2.30. The second-order valence-electron chi connectivity index (χ2n) is 6.90. The minimum atomic E-state index is -0.703. The van der Waals surface area contributed by atoms with Crippen LogP contribution in [0.25, 0.3) is 0 Å². The average molecular weight is 402 g/mol. The fraction of sp³-hybridized carbons (Fsp3) is 0.250. The molecule has 8 heteroatoms. The van der Waals surface area contributed by atoms with E-state index in [2.05, 4.69) is 10.6 Å². The standard InChI is InChI=1S/C20H17ClFN3O3/c21-12-4-5-15-16(9-12)24-19(27)17-10-14(6-7-25(17)20(15)28)23-18(26)11-2-1-3-13(22)8-11/h1-5,8-9,14,17H,6-7,10H2,(H,23,26)(H,24,27)/t14-,17+/m1/s1. The van der Waals surface area contributed by atoms with E-state index in [1.165, 1.54) is 23.1 Å². The summed E-state index contributed by atoms with van der Waals surface area (Å²) in [5.41, 5.74) is 0.991. The molecule has 0 aliphatic carbocycles. The number of anilines is 1. The van der Waals surface area contributed by atoms with Crippen LogP contribution in [0.2, 0.25) is 5.02 Å². The van der Waals surface area contributed by atoms with Gasteiger partial charge in [-0.2, -0.15) is 0 Å². The molecule has 3 amide bonds. The summed E-state index contributed by atoms with van der Waals surface area (Å²) in [5.74, 6) is -1.47. The summed E-state index contributed by atoms with van der Waals surface area (Å²) in [6.07, 6.45) is 0.778. The Labute approximate surface area is 165 Å². The molecule has 4 rings (SSSR count). The third kappa shape index (κ3) is 3.45. The van der Waals surface area contributed by atoms with Crippen LogP contribution < -0.4 is 10.6 Å². The van der Waals surface area contributed by atoms with Gasteiger partial charge < -0.3 is 15.5 Å². The van der Waals surface area contributed by atoms with Gasteiger partial charge in [-0.15, -0.1) is 0 Å². The van der Waals surface area contributed by atoms with Gasteiger partial charge in [-0.1, -0.05) is 17.7 Å². The largest absolute Gasteiger partial charge is 0.349 e. The van der Waals surface area contributed by atoms with E-state index in [1.54, 1.807) is 18.2 Å². The molecule has 0 unspecified atom stereocenters. The number of halogens is 2. The number of piperidine rings is 1. The van der Waals surface area contributed by atoms with Crippen molar-refractivity contribution in [2.45, 2.75) is 24.9 Å². The van der Waals surface area contributed by atoms with E-state index in [0.717, 1.165) is 6.07 Å². The number of hydrogen-bond acceptors (Lipinski definition) is 3. The van der Waals surface area contributed by atoms with Crippen molar-refractivity contribution in [3.05, 3.63) is 64.4 Å². The van der Waals surface area contributed by atoms with Crippen LogP contribution in [0, 0.1) is 5.82 Å². The highest BCUT2D eigenvalue weighted by Gasteiger charge is 2.40. The normalized spacial score (nSPS) is 21.3. The molecule has 28 heavy (non-hydrogen) atoms. The fourth-order valence-corrected chi connectivity index (χ4v) is 3.84. The van der Waals surface area contributed by atoms with Crippen LogP contribution in [0.3, 0.4) is 0 Å². The summed E-state index contributed by atoms with van der Waals surface area (Å²) in [7, 11) is 0. The maximum Gasteiger partial charge on any atom is 0.256 e. The fourth-order valence-electron chi connectivity index (χ4n) is 3.66. The van der Waals surface area contributed by atoms with Crippen molar-refractivity contribution in [2.24, 2.45) is 0 Å². The van der Waals surface area contributed by atoms with Gasteiger partial charge in [0, 0.05) is 23.2 Å². The Balaban J connectivity index is 1.52. The zero-order valence-corrected chi connectivity index (χ0v) is 15.5. The first-order chi connectivity index (χ1) is 13.4. The molecule has 0 saturated carbocycles. The van der Waals surface area contributed by atoms with Crippen LogP contribution in [0.15, 0.2) is 42.5 Å². The van der Waals surface area contributed by atoms with E-state index in [1.807, 2.05) is 0 Å². The highest BCUT2D eigenvalue weighted by molar-refractivity contribution is 6.31. The molecule has 1 fully saturated rings. The Morgan fingerprint density at radius 2 is 2.04 bits per heavy atom. The molecule has 2 aliphatic rings. The van der Waals surface area contributed by atoms with Crippen LogP contribution in [0.5, 0.6) is 0 Å². The third-order valence-electron chi connectivity index (χ3n) is 5.06. The van der Waals surface area contributed by atoms with Gasteiger partial charge in [0.1, 0.15) is 11.9 Å². The molecule has 2 aromatic rings. The molecule has 0 aromatic heterocycles. The lowest BCUT2D eigenvalue weighted by Crippen LogP contribution is -2.55. The summed E-state index contributed by atoms with van der Waals surface area (Å²) < 4.78 is 13.3. The summed E-state index contributed by atoms with van der Waals surface area (Å²) >= 11 is 5.98. The lowest BCUT2D eigenvalue weighted by atomic mass is 9.95. The summed E-state index contributed by atoms with van der Waals surface area (Å²) in [4.78, 5) is 39.5. The average Bonchev–Trinajstić information content (AvgIpc) is 2.76. The van der Waals surface area contributed by atoms with E-state index in [0.29, 0.717) is 29.2 Å². The summed E-state index contributed by atoms with van der Waals surface area (Å²) in [5, 5.41) is 6.02. The summed E-state index contributed by atoms with van der Waals surface area (Å²) in [6, 6.07) is 9.16. The van der Waals surface area contributed by atoms with Gasteiger partial charge in [0.2, 0.25) is 5.91 Å². The lowest BCUT2D eigenvalue weighted by Gasteiger charge is -2.37. The molecule has 1 saturated heterocycles. The second kappa shape index (κ2) is 7.24. The molecule has 2 atom stereocenters. The van der Waals surface area contributed by atoms with Gasteiger partial charge in [-0.25, -0.2) is 4.39 Å². The van der Waals surface area contributed by atoms with Crippen molar-refractivity contribution >= 4 is 35.0 Å². The molecule has 2 N–H and O–H groups in total. The Morgan fingerprint density at radius 1 is 1.21 bits per heavy atom. The van der Waals surface area contributed by atoms with Gasteiger partial charge in [-0.3, -0.25) is 14.4 Å². The molecular formula is C20H17ClFN3O3. The van der Waals surface area contributed by atoms with E-state index < -0.39 is 17.8 Å². The zero-order valence-electron chi connectivity index (χ0n) is 14.7. The zero-order chi connectivity index (χ0) is 19.8. The van der Waals surface area contributed by atoms with Gasteiger partial charge in [-0.05, 0) is 49.2 Å². The Hall–Kier alpha value is -2.93. The number of nitrogens with one attached hydrogen (secondary N) is 2. The monoisotopic (exact) mass is 401 g/mol. The maximum atomic E-state index is 13.3. The number of hydrogen-bond donors (Lipinski definition) is 2. The van der Waals surface area contributed by atoms with Crippen molar-refractivity contribution in [3.63, 3.8) is 0 Å². The van der Waals surface area contributed by atoms with Crippen molar-refractivity contribution in [1.82, 2.24) is 10.2 Å². The van der Waals surface area contributed by atoms with Crippen molar-refractivity contribution in [2.75, 3.05) is 11.9 Å². The number of carbonyl (C=O) groups is 3. The van der Waals surface area contributed by atoms with Crippen molar-refractivity contribution in [3.8, 4) is 0 Å². The first-order valence-corrected chi connectivity index (χ1v) is 9.28. The van der Waals surface area contributed by atoms with Crippen LogP contribution in [0.4, 0.5) is 10.1 Å². The van der Waals surface area contributed by atoms with Crippen molar-refractivity contribution < 1.29 is 18.8 Å². The van der Waals surface area contributed by atoms with E-state index in [4.69, 9.17) is 11.6 Å². The number of benzene rings is 2. The van der Waals surface area contributed by atoms with Crippen LogP contribution in [-0.4, -0.2) is 41.2 Å². The molecule has 2 heterocycles. The number of rotatable bonds is 2. The molecule has 0 spiro atoms. The number of carbonyl (C=O) groups excluding carboxylic acids is 3. The number of nitrogens with zero attached hydrogens (tertiary/aromatic N) is 1. The third-order valence-corrected chi connectivity index (χ3v) is 5.29. The second-order valence-corrected chi connectivity index (χ2v) is 7.34. The molecule has 0 radical (unpaired) electrons. The van der Waals surface area contributed by atoms with Crippen LogP contribution in [0.1, 0.15) is 33.6 Å². The van der Waals surface area contributed by atoms with Crippen LogP contribution in [-0.2, 0) is 4.79 Å². The van der Waals surface area contributed by atoms with E-state index in [-0.39, 0.29) is 29.8 Å². The van der Waals surface area contributed by atoms with Gasteiger partial charge in [0.15, 0.2) is 0 Å². The molecular weight excluding hydrogens is 385 g/mol. The van der Waals surface area contributed by atoms with Crippen LogP contribution >= 0.6 is 11.6 Å². The first-order valence-electron chi connectivity index (χ1n) is 8.90. The van der Waals surface area contributed by atoms with Crippen molar-refractivity contribution in [1.29, 1.82) is 0 Å². The quantitative estimate of drug-likeness (QED) is 0.812. The molecule has 6 nitrogen and oxygen atoms in total. The van der Waals surface area contributed by atoms with Gasteiger partial charge in [0.25, 0.3) is 11.8 Å². The maximum absolute atomic E-state index is 13.3. The minimum absolute atomic E-state index is 0.214. The molecule has 144 valence electrons. The molecule has 2 aromatic carbocycles. The smallest absolute Gasteiger partial charge is 0.256 e. The first kappa shape index (κ1) is 18.4. The van der Waals surface area contributed by atoms with E-state index in [9.17, 15) is 18.8 Å². The van der Waals surface area contributed by atoms with E-state index >= 15 is 0 Å². The number of amides is 3. The molecule has 0 bridgehead atoms. The molecule has 2 aliphatic heterocycles. The SMILES string of the molecule is O=C(N[C@@H]1CCN2C(=O)c3ccc(Cl)cc3NC(=O)[C@@H]2C1)c1cccc(F)c1. The number of fused-ring (bicyclic) bond motifs is 2. The van der Waals surface area contributed by atoms with Gasteiger partial charge >= 0.3 is 0 Å². The highest BCUT2D eigenvalue weighted by atomic mass is 35.5.